The lowest BCUT2D eigenvalue weighted by molar-refractivity contribution is 0.624. The van der Waals surface area contributed by atoms with Crippen LogP contribution in [0.1, 0.15) is 17.7 Å². The van der Waals surface area contributed by atoms with Crippen molar-refractivity contribution in [3.05, 3.63) is 58.1 Å². The molecule has 1 N–H and O–H groups in total. The van der Waals surface area contributed by atoms with Gasteiger partial charge in [0.25, 0.3) is 0 Å². The maximum Gasteiger partial charge on any atom is 0.138 e. The molecular formula is C15H11FN2. The van der Waals surface area contributed by atoms with Crippen LogP contribution in [0.2, 0.25) is 0 Å². The minimum absolute atomic E-state index is 0.294. The van der Waals surface area contributed by atoms with E-state index in [9.17, 15) is 4.39 Å². The van der Waals surface area contributed by atoms with E-state index >= 15 is 0 Å². The fraction of sp³-hybridized carbons (Fsp3) is 0.133. The number of halogens is 1. The van der Waals surface area contributed by atoms with Crippen LogP contribution in [-0.2, 0) is 0 Å². The second-order valence-corrected chi connectivity index (χ2v) is 4.09. The molecule has 2 aromatic rings. The third kappa shape index (κ3) is 2.05. The Morgan fingerprint density at radius 1 is 1.22 bits per heavy atom. The topological polar surface area (TPSA) is 28.1 Å². The number of hydrogen-bond donors (Lipinski definition) is 1. The molecule has 0 saturated heterocycles. The average Bonchev–Trinajstić information content (AvgIpc) is 2.80. The first kappa shape index (κ1) is 10.8. The van der Waals surface area contributed by atoms with Gasteiger partial charge in [-0.25, -0.2) is 4.39 Å². The first-order valence-corrected chi connectivity index (χ1v) is 5.83. The van der Waals surface area contributed by atoms with Gasteiger partial charge in [-0.2, -0.15) is 0 Å². The van der Waals surface area contributed by atoms with Gasteiger partial charge < -0.3 is 4.98 Å². The summed E-state index contributed by atoms with van der Waals surface area (Å²) in [7, 11) is 0. The molecule has 0 atom stereocenters. The maximum absolute atomic E-state index is 13.4. The molecular weight excluding hydrogens is 227 g/mol. The van der Waals surface area contributed by atoms with Crippen molar-refractivity contribution in [2.24, 2.45) is 4.99 Å². The van der Waals surface area contributed by atoms with Gasteiger partial charge in [-0.05, 0) is 30.5 Å². The minimum atomic E-state index is -0.294. The normalized spacial score (nSPS) is 12.7. The van der Waals surface area contributed by atoms with Crippen molar-refractivity contribution in [1.29, 1.82) is 0 Å². The fourth-order valence-electron chi connectivity index (χ4n) is 1.91. The van der Waals surface area contributed by atoms with E-state index in [-0.39, 0.29) is 5.82 Å². The second-order valence-electron chi connectivity index (χ2n) is 4.09. The predicted octanol–water partition coefficient (Wildman–Crippen LogP) is 1.36. The molecule has 0 bridgehead atoms. The van der Waals surface area contributed by atoms with E-state index in [1.165, 1.54) is 6.07 Å². The zero-order valence-electron chi connectivity index (χ0n) is 9.70. The standard InChI is InChI=1S/C15H11FN2/c16-14-6-2-1-4-11(14)7-8-13-10-12-5-3-9-17-15(12)18-13/h1-2,4-6,10H,3,9H2,(H,17,18). The van der Waals surface area contributed by atoms with Crippen LogP contribution in [0.25, 0.3) is 6.08 Å². The third-order valence-electron chi connectivity index (χ3n) is 2.80. The minimum Gasteiger partial charge on any atom is -0.333 e. The molecule has 1 aliphatic heterocycles. The Morgan fingerprint density at radius 3 is 2.94 bits per heavy atom. The molecule has 0 spiro atoms. The summed E-state index contributed by atoms with van der Waals surface area (Å²) in [4.78, 5) is 7.49. The Hall–Kier alpha value is -2.34. The zero-order chi connectivity index (χ0) is 12.4. The van der Waals surface area contributed by atoms with Gasteiger partial charge in [0.1, 0.15) is 11.3 Å². The number of benzene rings is 1. The molecule has 0 fully saturated rings. The highest BCUT2D eigenvalue weighted by Gasteiger charge is 1.99. The molecule has 1 aromatic carbocycles. The van der Waals surface area contributed by atoms with Crippen molar-refractivity contribution >= 4 is 6.08 Å². The molecule has 88 valence electrons. The van der Waals surface area contributed by atoms with E-state index in [2.05, 4.69) is 27.9 Å². The van der Waals surface area contributed by atoms with Crippen LogP contribution < -0.4 is 10.7 Å². The summed E-state index contributed by atoms with van der Waals surface area (Å²) in [5.74, 6) is 5.47. The van der Waals surface area contributed by atoms with Gasteiger partial charge in [0, 0.05) is 11.8 Å². The van der Waals surface area contributed by atoms with Crippen molar-refractivity contribution in [3.63, 3.8) is 0 Å². The van der Waals surface area contributed by atoms with E-state index in [1.807, 2.05) is 6.07 Å². The summed E-state index contributed by atoms with van der Waals surface area (Å²) in [6.07, 6.45) is 3.10. The average molecular weight is 238 g/mol. The Balaban J connectivity index is 2.00. The fourth-order valence-corrected chi connectivity index (χ4v) is 1.91. The molecule has 3 heteroatoms. The Bertz CT molecular complexity index is 726. The molecule has 1 aromatic heterocycles. The van der Waals surface area contributed by atoms with Crippen LogP contribution >= 0.6 is 0 Å². The molecule has 0 unspecified atom stereocenters. The van der Waals surface area contributed by atoms with E-state index < -0.39 is 0 Å². The van der Waals surface area contributed by atoms with E-state index in [4.69, 9.17) is 0 Å². The maximum atomic E-state index is 13.4. The van der Waals surface area contributed by atoms with Crippen LogP contribution in [0.5, 0.6) is 0 Å². The third-order valence-corrected chi connectivity index (χ3v) is 2.80. The monoisotopic (exact) mass is 238 g/mol. The largest absolute Gasteiger partial charge is 0.333 e. The van der Waals surface area contributed by atoms with Crippen LogP contribution in [-0.4, -0.2) is 11.5 Å². The summed E-state index contributed by atoms with van der Waals surface area (Å²) < 4.78 is 13.4. The second kappa shape index (κ2) is 4.50. The molecule has 3 rings (SSSR count). The highest BCUT2D eigenvalue weighted by Crippen LogP contribution is 2.04. The smallest absolute Gasteiger partial charge is 0.138 e. The molecule has 2 heterocycles. The van der Waals surface area contributed by atoms with Gasteiger partial charge in [0.2, 0.25) is 0 Å². The van der Waals surface area contributed by atoms with Crippen molar-refractivity contribution < 1.29 is 4.39 Å². The molecule has 0 radical (unpaired) electrons. The van der Waals surface area contributed by atoms with Crippen LogP contribution in [0.15, 0.2) is 35.3 Å². The lowest BCUT2D eigenvalue weighted by Gasteiger charge is -1.91. The van der Waals surface area contributed by atoms with Crippen LogP contribution in [0.3, 0.4) is 0 Å². The molecule has 18 heavy (non-hydrogen) atoms. The molecule has 1 aliphatic rings. The highest BCUT2D eigenvalue weighted by molar-refractivity contribution is 5.41. The number of nitrogens with zero attached hydrogens (tertiary/aromatic N) is 1. The zero-order valence-corrected chi connectivity index (χ0v) is 9.70. The quantitative estimate of drug-likeness (QED) is 0.671. The van der Waals surface area contributed by atoms with E-state index in [0.29, 0.717) is 5.56 Å². The van der Waals surface area contributed by atoms with Crippen molar-refractivity contribution in [1.82, 2.24) is 4.98 Å². The first-order chi connectivity index (χ1) is 8.83. The number of H-pyrrole nitrogens is 1. The van der Waals surface area contributed by atoms with Gasteiger partial charge >= 0.3 is 0 Å². The summed E-state index contributed by atoms with van der Waals surface area (Å²) in [6.45, 7) is 0.813. The number of aromatic nitrogens is 1. The van der Waals surface area contributed by atoms with E-state index in [0.717, 1.165) is 29.4 Å². The van der Waals surface area contributed by atoms with Gasteiger partial charge in [-0.1, -0.05) is 24.1 Å². The van der Waals surface area contributed by atoms with Crippen molar-refractivity contribution in [3.8, 4) is 11.8 Å². The Kier molecular flexibility index (Phi) is 2.70. The molecule has 0 amide bonds. The van der Waals surface area contributed by atoms with Crippen LogP contribution in [0.4, 0.5) is 4.39 Å². The first-order valence-electron chi connectivity index (χ1n) is 5.83. The predicted molar refractivity (Wildman–Crippen MR) is 67.9 cm³/mol. The number of hydrogen-bond acceptors (Lipinski definition) is 1. The van der Waals surface area contributed by atoms with Gasteiger partial charge in [0.05, 0.1) is 11.3 Å². The Morgan fingerprint density at radius 2 is 2.11 bits per heavy atom. The highest BCUT2D eigenvalue weighted by atomic mass is 19.1. The van der Waals surface area contributed by atoms with E-state index in [1.54, 1.807) is 18.2 Å². The number of nitrogens with one attached hydrogen (secondary N) is 1. The summed E-state index contributed by atoms with van der Waals surface area (Å²) in [5, 5.41) is 1.08. The number of rotatable bonds is 0. The number of aromatic amines is 1. The molecule has 2 nitrogen and oxygen atoms in total. The summed E-state index contributed by atoms with van der Waals surface area (Å²) in [6, 6.07) is 8.46. The summed E-state index contributed by atoms with van der Waals surface area (Å²) >= 11 is 0. The Labute approximate surface area is 104 Å². The lowest BCUT2D eigenvalue weighted by atomic mass is 10.2. The van der Waals surface area contributed by atoms with Gasteiger partial charge in [0.15, 0.2) is 0 Å². The summed E-state index contributed by atoms with van der Waals surface area (Å²) in [5.41, 5.74) is 2.05. The van der Waals surface area contributed by atoms with Gasteiger partial charge in [-0.3, -0.25) is 4.99 Å². The van der Waals surface area contributed by atoms with Crippen LogP contribution in [0, 0.1) is 17.7 Å². The van der Waals surface area contributed by atoms with Crippen molar-refractivity contribution in [2.75, 3.05) is 6.54 Å². The molecule has 0 aliphatic carbocycles. The number of fused-ring (bicyclic) bond motifs is 1. The molecule has 0 saturated carbocycles. The van der Waals surface area contributed by atoms with Gasteiger partial charge in [-0.15, -0.1) is 0 Å². The SMILES string of the molecule is Fc1ccccc1C#Cc1cc2c([nH]1)=NCCC=2. The lowest BCUT2D eigenvalue weighted by Crippen LogP contribution is -2.25. The van der Waals surface area contributed by atoms with Crippen molar-refractivity contribution in [2.45, 2.75) is 6.42 Å².